The molecule has 1 atom stereocenters. The maximum atomic E-state index is 4.42. The summed E-state index contributed by atoms with van der Waals surface area (Å²) in [6.07, 6.45) is 6.53. The van der Waals surface area contributed by atoms with Gasteiger partial charge in [0.05, 0.1) is 0 Å². The Morgan fingerprint density at radius 1 is 1.17 bits per heavy atom. The molecule has 2 aliphatic rings. The number of guanidine groups is 1. The molecule has 0 spiro atoms. The third-order valence-corrected chi connectivity index (χ3v) is 7.03. The van der Waals surface area contributed by atoms with Gasteiger partial charge in [0.2, 0.25) is 0 Å². The molecular weight excluding hydrogens is 493 g/mol. The van der Waals surface area contributed by atoms with E-state index in [2.05, 4.69) is 49.9 Å². The third kappa shape index (κ3) is 9.11. The lowest BCUT2D eigenvalue weighted by Gasteiger charge is -2.32. The Kier molecular flexibility index (Phi) is 11.9. The summed E-state index contributed by atoms with van der Waals surface area (Å²) in [6, 6.07) is 4.41. The van der Waals surface area contributed by atoms with Crippen molar-refractivity contribution in [2.24, 2.45) is 16.8 Å². The molecule has 5 nitrogen and oxygen atoms in total. The standard InChI is InChI=1S/C22H39N5S.HI/c1-19-8-13-26(14-9-19)12-5-10-24-22(23-2)25-16-20-6-3-11-27(17-20)18-21-7-4-15-28-21;/h4,7,15,19-20H,3,5-6,8-14,16-18H2,1-2H3,(H2,23,24,25);1H. The van der Waals surface area contributed by atoms with E-state index in [1.165, 1.54) is 69.7 Å². The van der Waals surface area contributed by atoms with Crippen molar-refractivity contribution < 1.29 is 0 Å². The van der Waals surface area contributed by atoms with Crippen LogP contribution in [0.15, 0.2) is 22.5 Å². The van der Waals surface area contributed by atoms with E-state index in [9.17, 15) is 0 Å². The van der Waals surface area contributed by atoms with Gasteiger partial charge in [-0.3, -0.25) is 9.89 Å². The fourth-order valence-electron chi connectivity index (χ4n) is 4.34. The van der Waals surface area contributed by atoms with E-state index in [0.29, 0.717) is 5.92 Å². The SMILES string of the molecule is CN=C(NCCCN1CCC(C)CC1)NCC1CCCN(Cc2cccs2)C1.I. The van der Waals surface area contributed by atoms with E-state index in [1.54, 1.807) is 0 Å². The summed E-state index contributed by atoms with van der Waals surface area (Å²) in [5.74, 6) is 2.59. The molecule has 1 aromatic rings. The summed E-state index contributed by atoms with van der Waals surface area (Å²) in [6.45, 7) is 11.7. The topological polar surface area (TPSA) is 42.9 Å². The lowest BCUT2D eigenvalue weighted by molar-refractivity contribution is 0.169. The van der Waals surface area contributed by atoms with Crippen LogP contribution in [0, 0.1) is 11.8 Å². The molecule has 1 unspecified atom stereocenters. The van der Waals surface area contributed by atoms with Gasteiger partial charge in [0.15, 0.2) is 5.96 Å². The van der Waals surface area contributed by atoms with Crippen molar-refractivity contribution >= 4 is 41.3 Å². The van der Waals surface area contributed by atoms with Gasteiger partial charge in [-0.15, -0.1) is 35.3 Å². The second kappa shape index (κ2) is 13.8. The average Bonchev–Trinajstić information content (AvgIpc) is 3.22. The molecule has 0 amide bonds. The Morgan fingerprint density at radius 3 is 2.72 bits per heavy atom. The van der Waals surface area contributed by atoms with E-state index >= 15 is 0 Å². The number of hydrogen-bond donors (Lipinski definition) is 2. The van der Waals surface area contributed by atoms with Crippen LogP contribution < -0.4 is 10.6 Å². The number of halogens is 1. The van der Waals surface area contributed by atoms with Crippen molar-refractivity contribution in [2.75, 3.05) is 52.9 Å². The first kappa shape index (κ1) is 24.9. The van der Waals surface area contributed by atoms with Gasteiger partial charge in [-0.1, -0.05) is 13.0 Å². The van der Waals surface area contributed by atoms with Crippen LogP contribution in [0.1, 0.15) is 43.9 Å². The Balaban J connectivity index is 0.00000300. The minimum absolute atomic E-state index is 0. The molecular formula is C22H40IN5S. The molecule has 1 aromatic heterocycles. The van der Waals surface area contributed by atoms with Crippen molar-refractivity contribution in [3.05, 3.63) is 22.4 Å². The first-order valence-corrected chi connectivity index (χ1v) is 12.0. The van der Waals surface area contributed by atoms with Crippen LogP contribution in [0.2, 0.25) is 0 Å². The number of aliphatic imine (C=N–C) groups is 1. The fraction of sp³-hybridized carbons (Fsp3) is 0.773. The molecule has 0 radical (unpaired) electrons. The van der Waals surface area contributed by atoms with Gasteiger partial charge in [-0.05, 0) is 81.6 Å². The number of thiophene rings is 1. The van der Waals surface area contributed by atoms with Gasteiger partial charge < -0.3 is 15.5 Å². The zero-order valence-corrected chi connectivity index (χ0v) is 21.4. The Labute approximate surface area is 198 Å². The van der Waals surface area contributed by atoms with Crippen molar-refractivity contribution in [3.8, 4) is 0 Å². The van der Waals surface area contributed by atoms with Crippen LogP contribution in [0.3, 0.4) is 0 Å². The number of rotatable bonds is 8. The minimum atomic E-state index is 0. The maximum Gasteiger partial charge on any atom is 0.190 e. The predicted molar refractivity (Wildman–Crippen MR) is 137 cm³/mol. The van der Waals surface area contributed by atoms with Gasteiger partial charge in [0, 0.05) is 38.1 Å². The highest BCUT2D eigenvalue weighted by molar-refractivity contribution is 14.0. The molecule has 3 heterocycles. The van der Waals surface area contributed by atoms with Crippen LogP contribution in [-0.4, -0.2) is 68.6 Å². The van der Waals surface area contributed by atoms with Gasteiger partial charge >= 0.3 is 0 Å². The summed E-state index contributed by atoms with van der Waals surface area (Å²) >= 11 is 1.87. The molecule has 7 heteroatoms. The van der Waals surface area contributed by atoms with Crippen LogP contribution in [0.5, 0.6) is 0 Å². The molecule has 2 aliphatic heterocycles. The number of likely N-dealkylation sites (tertiary alicyclic amines) is 2. The summed E-state index contributed by atoms with van der Waals surface area (Å²) in [7, 11) is 1.88. The molecule has 2 saturated heterocycles. The Morgan fingerprint density at radius 2 is 2.00 bits per heavy atom. The van der Waals surface area contributed by atoms with Crippen LogP contribution in [0.25, 0.3) is 0 Å². The molecule has 3 rings (SSSR count). The minimum Gasteiger partial charge on any atom is -0.356 e. The molecule has 2 N–H and O–H groups in total. The number of nitrogens with one attached hydrogen (secondary N) is 2. The Bertz CT molecular complexity index is 572. The lowest BCUT2D eigenvalue weighted by atomic mass is 9.98. The highest BCUT2D eigenvalue weighted by atomic mass is 127. The smallest absolute Gasteiger partial charge is 0.190 e. The van der Waals surface area contributed by atoms with Gasteiger partial charge in [-0.25, -0.2) is 0 Å². The van der Waals surface area contributed by atoms with Crippen molar-refractivity contribution in [2.45, 2.75) is 45.6 Å². The molecule has 0 aromatic carbocycles. The van der Waals surface area contributed by atoms with Crippen LogP contribution in [-0.2, 0) is 6.54 Å². The number of piperidine rings is 2. The zero-order chi connectivity index (χ0) is 19.6. The molecule has 0 bridgehead atoms. The maximum absolute atomic E-state index is 4.42. The predicted octanol–water partition coefficient (Wildman–Crippen LogP) is 3.87. The lowest BCUT2D eigenvalue weighted by Crippen LogP contribution is -2.44. The van der Waals surface area contributed by atoms with Crippen molar-refractivity contribution in [3.63, 3.8) is 0 Å². The number of hydrogen-bond acceptors (Lipinski definition) is 4. The van der Waals surface area contributed by atoms with E-state index in [4.69, 9.17) is 0 Å². The average molecular weight is 534 g/mol. The molecule has 2 fully saturated rings. The summed E-state index contributed by atoms with van der Waals surface area (Å²) in [5, 5.41) is 9.25. The van der Waals surface area contributed by atoms with Gasteiger partial charge in [0.25, 0.3) is 0 Å². The summed E-state index contributed by atoms with van der Waals surface area (Å²) in [5.41, 5.74) is 0. The largest absolute Gasteiger partial charge is 0.356 e. The number of nitrogens with zero attached hydrogens (tertiary/aromatic N) is 3. The quantitative estimate of drug-likeness (QED) is 0.231. The molecule has 166 valence electrons. The van der Waals surface area contributed by atoms with E-state index in [0.717, 1.165) is 31.5 Å². The highest BCUT2D eigenvalue weighted by Gasteiger charge is 2.20. The first-order valence-electron chi connectivity index (χ1n) is 11.1. The fourth-order valence-corrected chi connectivity index (χ4v) is 5.09. The van der Waals surface area contributed by atoms with Crippen LogP contribution in [0.4, 0.5) is 0 Å². The van der Waals surface area contributed by atoms with Gasteiger partial charge in [0.1, 0.15) is 0 Å². The highest BCUT2D eigenvalue weighted by Crippen LogP contribution is 2.20. The van der Waals surface area contributed by atoms with E-state index < -0.39 is 0 Å². The van der Waals surface area contributed by atoms with Crippen LogP contribution >= 0.6 is 35.3 Å². The molecule has 0 aliphatic carbocycles. The monoisotopic (exact) mass is 533 g/mol. The second-order valence-corrected chi connectivity index (χ2v) is 9.61. The zero-order valence-electron chi connectivity index (χ0n) is 18.2. The van der Waals surface area contributed by atoms with E-state index in [1.807, 2.05) is 18.4 Å². The van der Waals surface area contributed by atoms with E-state index in [-0.39, 0.29) is 24.0 Å². The Hall–Kier alpha value is -0.380. The summed E-state index contributed by atoms with van der Waals surface area (Å²) < 4.78 is 0. The van der Waals surface area contributed by atoms with Gasteiger partial charge in [-0.2, -0.15) is 0 Å². The molecule has 0 saturated carbocycles. The molecule has 29 heavy (non-hydrogen) atoms. The first-order chi connectivity index (χ1) is 13.7. The second-order valence-electron chi connectivity index (χ2n) is 8.58. The summed E-state index contributed by atoms with van der Waals surface area (Å²) in [4.78, 5) is 11.1. The normalized spacial score (nSPS) is 22.3. The third-order valence-electron chi connectivity index (χ3n) is 6.16. The van der Waals surface area contributed by atoms with Crippen molar-refractivity contribution in [1.29, 1.82) is 0 Å². The van der Waals surface area contributed by atoms with Crippen molar-refractivity contribution in [1.82, 2.24) is 20.4 Å².